The van der Waals surface area contributed by atoms with Crippen molar-refractivity contribution in [2.24, 2.45) is 4.99 Å². The van der Waals surface area contributed by atoms with Gasteiger partial charge in [-0.1, -0.05) is 0 Å². The van der Waals surface area contributed by atoms with Crippen LogP contribution >= 0.6 is 0 Å². The summed E-state index contributed by atoms with van der Waals surface area (Å²) in [7, 11) is 0. The Morgan fingerprint density at radius 2 is 2.55 bits per heavy atom. The molecule has 0 aliphatic carbocycles. The monoisotopic (exact) mass is 149 g/mol. The summed E-state index contributed by atoms with van der Waals surface area (Å²) >= 11 is 0. The number of fused-ring (bicyclic) bond motifs is 1. The standard InChI is InChI=1S/C7H7N3O/c11-3-5-1-6-7(10-5)2-8-4-9-6/h1,3-4,10H,2H2,(H,8,9). The quantitative estimate of drug-likeness (QED) is 0.574. The van der Waals surface area contributed by atoms with Gasteiger partial charge < -0.3 is 10.3 Å². The Hall–Kier alpha value is -1.58. The zero-order chi connectivity index (χ0) is 7.68. The Morgan fingerprint density at radius 3 is 3.27 bits per heavy atom. The Bertz CT molecular complexity index is 313. The van der Waals surface area contributed by atoms with Crippen LogP contribution in [-0.2, 0) is 6.54 Å². The van der Waals surface area contributed by atoms with Gasteiger partial charge in [0.25, 0.3) is 0 Å². The molecule has 0 bridgehead atoms. The summed E-state index contributed by atoms with van der Waals surface area (Å²) in [6.07, 6.45) is 2.42. The highest BCUT2D eigenvalue weighted by Crippen LogP contribution is 2.20. The molecule has 0 spiro atoms. The number of hydrogen-bond acceptors (Lipinski definition) is 3. The van der Waals surface area contributed by atoms with E-state index in [1.54, 1.807) is 12.4 Å². The Balaban J connectivity index is 2.49. The zero-order valence-corrected chi connectivity index (χ0v) is 5.79. The van der Waals surface area contributed by atoms with Gasteiger partial charge in [-0.05, 0) is 6.07 Å². The second-order valence-corrected chi connectivity index (χ2v) is 2.35. The Kier molecular flexibility index (Phi) is 1.25. The Labute approximate surface area is 63.3 Å². The van der Waals surface area contributed by atoms with Crippen LogP contribution in [0.1, 0.15) is 16.2 Å². The number of carbonyl (C=O) groups excluding carboxylic acids is 1. The summed E-state index contributed by atoms with van der Waals surface area (Å²) in [6, 6.07) is 1.74. The predicted molar refractivity (Wildman–Crippen MR) is 41.2 cm³/mol. The SMILES string of the molecule is O=Cc1cc2c([nH]1)CNC=N2. The van der Waals surface area contributed by atoms with Gasteiger partial charge in [-0.15, -0.1) is 0 Å². The minimum Gasteiger partial charge on any atom is -0.370 e. The Morgan fingerprint density at radius 1 is 1.64 bits per heavy atom. The second-order valence-electron chi connectivity index (χ2n) is 2.35. The smallest absolute Gasteiger partial charge is 0.166 e. The molecule has 0 fully saturated rings. The van der Waals surface area contributed by atoms with E-state index in [1.807, 2.05) is 0 Å². The highest BCUT2D eigenvalue weighted by atomic mass is 16.1. The molecule has 2 heterocycles. The number of H-pyrrole nitrogens is 1. The first-order valence-electron chi connectivity index (χ1n) is 3.33. The molecule has 0 saturated heterocycles. The number of aromatic amines is 1. The van der Waals surface area contributed by atoms with Gasteiger partial charge >= 0.3 is 0 Å². The number of nitrogens with one attached hydrogen (secondary N) is 2. The number of aldehydes is 1. The van der Waals surface area contributed by atoms with Crippen molar-refractivity contribution in [3.05, 3.63) is 17.5 Å². The van der Waals surface area contributed by atoms with Gasteiger partial charge in [0.15, 0.2) is 6.29 Å². The molecule has 1 aromatic heterocycles. The van der Waals surface area contributed by atoms with Crippen LogP contribution in [-0.4, -0.2) is 17.6 Å². The molecule has 0 aromatic carbocycles. The van der Waals surface area contributed by atoms with Crippen LogP contribution < -0.4 is 5.32 Å². The van der Waals surface area contributed by atoms with Crippen LogP contribution in [0.5, 0.6) is 0 Å². The van der Waals surface area contributed by atoms with E-state index in [-0.39, 0.29) is 0 Å². The van der Waals surface area contributed by atoms with Gasteiger partial charge in [-0.2, -0.15) is 0 Å². The van der Waals surface area contributed by atoms with Crippen molar-refractivity contribution in [1.29, 1.82) is 0 Å². The van der Waals surface area contributed by atoms with E-state index in [2.05, 4.69) is 15.3 Å². The molecular formula is C7H7N3O. The fraction of sp³-hybridized carbons (Fsp3) is 0.143. The van der Waals surface area contributed by atoms with E-state index in [9.17, 15) is 4.79 Å². The normalized spacial score (nSPS) is 13.8. The molecule has 4 nitrogen and oxygen atoms in total. The molecule has 0 saturated carbocycles. The lowest BCUT2D eigenvalue weighted by Crippen LogP contribution is -2.13. The number of hydrogen-bond donors (Lipinski definition) is 2. The van der Waals surface area contributed by atoms with E-state index in [1.165, 1.54) is 0 Å². The van der Waals surface area contributed by atoms with E-state index >= 15 is 0 Å². The van der Waals surface area contributed by atoms with Crippen LogP contribution in [0.3, 0.4) is 0 Å². The van der Waals surface area contributed by atoms with Gasteiger partial charge in [0.1, 0.15) is 0 Å². The lowest BCUT2D eigenvalue weighted by atomic mass is 10.3. The van der Waals surface area contributed by atoms with Crippen LogP contribution in [0.2, 0.25) is 0 Å². The number of aromatic nitrogens is 1. The third kappa shape index (κ3) is 0.920. The molecule has 2 N–H and O–H groups in total. The predicted octanol–water partition coefficient (Wildman–Crippen LogP) is 0.590. The van der Waals surface area contributed by atoms with Crippen molar-refractivity contribution >= 4 is 18.3 Å². The molecule has 1 aromatic rings. The van der Waals surface area contributed by atoms with Crippen LogP contribution in [0.25, 0.3) is 0 Å². The van der Waals surface area contributed by atoms with Crippen LogP contribution in [0, 0.1) is 0 Å². The van der Waals surface area contributed by atoms with Crippen molar-refractivity contribution < 1.29 is 4.79 Å². The van der Waals surface area contributed by atoms with E-state index in [0.717, 1.165) is 17.7 Å². The van der Waals surface area contributed by atoms with E-state index in [4.69, 9.17) is 0 Å². The highest BCUT2D eigenvalue weighted by molar-refractivity contribution is 5.77. The van der Waals surface area contributed by atoms with Crippen molar-refractivity contribution in [3.8, 4) is 0 Å². The van der Waals surface area contributed by atoms with Crippen LogP contribution in [0.15, 0.2) is 11.1 Å². The molecule has 1 aliphatic rings. The first-order chi connectivity index (χ1) is 5.40. The van der Waals surface area contributed by atoms with Crippen molar-refractivity contribution in [2.45, 2.75) is 6.54 Å². The van der Waals surface area contributed by atoms with Gasteiger partial charge in [0, 0.05) is 0 Å². The zero-order valence-electron chi connectivity index (χ0n) is 5.79. The van der Waals surface area contributed by atoms with E-state index < -0.39 is 0 Å². The maximum Gasteiger partial charge on any atom is 0.166 e. The average molecular weight is 149 g/mol. The van der Waals surface area contributed by atoms with Gasteiger partial charge in [-0.25, -0.2) is 4.99 Å². The molecule has 11 heavy (non-hydrogen) atoms. The average Bonchev–Trinajstić information content (AvgIpc) is 2.46. The fourth-order valence-corrected chi connectivity index (χ4v) is 1.09. The molecule has 1 aliphatic heterocycles. The number of aliphatic imine (C=N–C) groups is 1. The van der Waals surface area contributed by atoms with Crippen molar-refractivity contribution in [2.75, 3.05) is 0 Å². The maximum atomic E-state index is 10.3. The number of carbonyl (C=O) groups is 1. The minimum absolute atomic E-state index is 0.579. The highest BCUT2D eigenvalue weighted by Gasteiger charge is 2.07. The summed E-state index contributed by atoms with van der Waals surface area (Å²) in [5, 5.41) is 2.94. The minimum atomic E-state index is 0.579. The third-order valence-electron chi connectivity index (χ3n) is 1.60. The third-order valence-corrected chi connectivity index (χ3v) is 1.60. The molecule has 56 valence electrons. The molecular weight excluding hydrogens is 142 g/mol. The largest absolute Gasteiger partial charge is 0.370 e. The first kappa shape index (κ1) is 6.15. The molecule has 0 amide bonds. The topological polar surface area (TPSA) is 57.2 Å². The number of rotatable bonds is 1. The summed E-state index contributed by atoms with van der Waals surface area (Å²) in [6.45, 7) is 0.715. The van der Waals surface area contributed by atoms with Crippen molar-refractivity contribution in [1.82, 2.24) is 10.3 Å². The summed E-state index contributed by atoms with van der Waals surface area (Å²) in [4.78, 5) is 17.3. The molecule has 0 atom stereocenters. The van der Waals surface area contributed by atoms with Gasteiger partial charge in [0.2, 0.25) is 0 Å². The molecule has 4 heteroatoms. The van der Waals surface area contributed by atoms with E-state index in [0.29, 0.717) is 12.2 Å². The second kappa shape index (κ2) is 2.23. The molecule has 0 unspecified atom stereocenters. The number of nitrogens with zero attached hydrogens (tertiary/aromatic N) is 1. The fourth-order valence-electron chi connectivity index (χ4n) is 1.09. The lowest BCUT2D eigenvalue weighted by molar-refractivity contribution is 0.111. The lowest BCUT2D eigenvalue weighted by Gasteiger charge is -2.04. The molecule has 2 rings (SSSR count). The van der Waals surface area contributed by atoms with Crippen molar-refractivity contribution in [3.63, 3.8) is 0 Å². The maximum absolute atomic E-state index is 10.3. The van der Waals surface area contributed by atoms with Gasteiger partial charge in [-0.3, -0.25) is 4.79 Å². The summed E-state index contributed by atoms with van der Waals surface area (Å²) in [5.41, 5.74) is 2.40. The van der Waals surface area contributed by atoms with Crippen LogP contribution in [0.4, 0.5) is 5.69 Å². The molecule has 0 radical (unpaired) electrons. The summed E-state index contributed by atoms with van der Waals surface area (Å²) in [5.74, 6) is 0. The van der Waals surface area contributed by atoms with Gasteiger partial charge in [0.05, 0.1) is 30.0 Å². The first-order valence-corrected chi connectivity index (χ1v) is 3.33. The summed E-state index contributed by atoms with van der Waals surface area (Å²) < 4.78 is 0.